The molecule has 1 rings (SSSR count). The number of rotatable bonds is 7. The Bertz CT molecular complexity index is 347. The van der Waals surface area contributed by atoms with Crippen LogP contribution in [-0.4, -0.2) is 35.1 Å². The Hall–Kier alpha value is -0.720. The van der Waals surface area contributed by atoms with Gasteiger partial charge in [0.2, 0.25) is 0 Å². The molecule has 1 heterocycles. The van der Waals surface area contributed by atoms with E-state index in [0.717, 1.165) is 11.6 Å². The summed E-state index contributed by atoms with van der Waals surface area (Å²) < 4.78 is 11.0. The molecule has 0 fully saturated rings. The molecule has 0 atom stereocenters. The maximum atomic E-state index is 5.56. The minimum Gasteiger partial charge on any atom is -0.466 e. The molecule has 6 heteroatoms. The van der Waals surface area contributed by atoms with E-state index < -0.39 is 0 Å². The molecule has 0 saturated heterocycles. The van der Waals surface area contributed by atoms with Gasteiger partial charge in [0, 0.05) is 6.04 Å². The quantitative estimate of drug-likeness (QED) is 0.772. The highest BCUT2D eigenvalue weighted by atomic mass is 32.1. The molecule has 0 unspecified atom stereocenters. The maximum Gasteiger partial charge on any atom is 0.294 e. The van der Waals surface area contributed by atoms with Crippen molar-refractivity contribution in [3.63, 3.8) is 0 Å². The first-order valence-corrected chi connectivity index (χ1v) is 7.01. The topological polar surface area (TPSA) is 56.3 Å². The predicted molar refractivity (Wildman–Crippen MR) is 73.1 cm³/mol. The lowest BCUT2D eigenvalue weighted by Gasteiger charge is -2.18. The van der Waals surface area contributed by atoms with E-state index in [4.69, 9.17) is 9.47 Å². The summed E-state index contributed by atoms with van der Waals surface area (Å²) in [5, 5.41) is 12.9. The molecule has 18 heavy (non-hydrogen) atoms. The van der Waals surface area contributed by atoms with Gasteiger partial charge in [-0.2, -0.15) is 0 Å². The SMILES string of the molecule is CC(C)NCc1nnc(OCCOC(C)(C)C)s1. The van der Waals surface area contributed by atoms with Crippen LogP contribution >= 0.6 is 11.3 Å². The van der Waals surface area contributed by atoms with Gasteiger partial charge in [-0.3, -0.25) is 0 Å². The fraction of sp³-hybridized carbons (Fsp3) is 0.833. The summed E-state index contributed by atoms with van der Waals surface area (Å²) in [7, 11) is 0. The summed E-state index contributed by atoms with van der Waals surface area (Å²) in [4.78, 5) is 0. The molecule has 0 aliphatic carbocycles. The number of nitrogens with one attached hydrogen (secondary N) is 1. The van der Waals surface area contributed by atoms with Crippen LogP contribution in [0.25, 0.3) is 0 Å². The molecule has 0 aromatic carbocycles. The van der Waals surface area contributed by atoms with Crippen LogP contribution in [-0.2, 0) is 11.3 Å². The van der Waals surface area contributed by atoms with E-state index in [9.17, 15) is 0 Å². The van der Waals surface area contributed by atoms with E-state index in [-0.39, 0.29) is 5.60 Å². The summed E-state index contributed by atoms with van der Waals surface area (Å²) in [6.45, 7) is 12.1. The Kier molecular flexibility index (Phi) is 5.98. The second-order valence-corrected chi connectivity index (χ2v) is 6.33. The minimum absolute atomic E-state index is 0.128. The molecule has 1 aromatic heterocycles. The first-order chi connectivity index (χ1) is 8.37. The molecular formula is C12H23N3O2S. The average molecular weight is 273 g/mol. The van der Waals surface area contributed by atoms with Crippen molar-refractivity contribution in [1.29, 1.82) is 0 Å². The van der Waals surface area contributed by atoms with Gasteiger partial charge in [-0.25, -0.2) is 0 Å². The maximum absolute atomic E-state index is 5.56. The summed E-state index contributed by atoms with van der Waals surface area (Å²) in [5.74, 6) is 0. The third-order valence-corrected chi connectivity index (χ3v) is 2.79. The lowest BCUT2D eigenvalue weighted by Crippen LogP contribution is -2.22. The van der Waals surface area contributed by atoms with Gasteiger partial charge in [0.15, 0.2) is 0 Å². The van der Waals surface area contributed by atoms with Crippen LogP contribution in [0.1, 0.15) is 39.6 Å². The van der Waals surface area contributed by atoms with Crippen LogP contribution < -0.4 is 10.1 Å². The molecule has 0 radical (unpaired) electrons. The van der Waals surface area contributed by atoms with Gasteiger partial charge in [-0.05, 0) is 20.8 Å². The molecular weight excluding hydrogens is 250 g/mol. The fourth-order valence-electron chi connectivity index (χ4n) is 1.14. The van der Waals surface area contributed by atoms with Crippen molar-refractivity contribution in [2.45, 2.75) is 52.8 Å². The lowest BCUT2D eigenvalue weighted by atomic mass is 10.2. The molecule has 0 saturated carbocycles. The van der Waals surface area contributed by atoms with E-state index in [1.807, 2.05) is 20.8 Å². The molecule has 0 bridgehead atoms. The lowest BCUT2D eigenvalue weighted by molar-refractivity contribution is -0.0163. The molecule has 0 amide bonds. The highest BCUT2D eigenvalue weighted by Gasteiger charge is 2.10. The molecule has 0 spiro atoms. The van der Waals surface area contributed by atoms with E-state index in [1.54, 1.807) is 0 Å². The van der Waals surface area contributed by atoms with Crippen molar-refractivity contribution in [2.75, 3.05) is 13.2 Å². The normalized spacial score (nSPS) is 12.1. The molecule has 104 valence electrons. The number of nitrogens with zero attached hydrogens (tertiary/aromatic N) is 2. The van der Waals surface area contributed by atoms with E-state index in [2.05, 4.69) is 29.4 Å². The zero-order chi connectivity index (χ0) is 13.6. The molecule has 1 aromatic rings. The van der Waals surface area contributed by atoms with Crippen LogP contribution in [0.2, 0.25) is 0 Å². The monoisotopic (exact) mass is 273 g/mol. The standard InChI is InChI=1S/C12H23N3O2S/c1-9(2)13-8-10-14-15-11(18-10)16-6-7-17-12(3,4)5/h9,13H,6-8H2,1-5H3. The van der Waals surface area contributed by atoms with Crippen molar-refractivity contribution < 1.29 is 9.47 Å². The number of aromatic nitrogens is 2. The summed E-state index contributed by atoms with van der Waals surface area (Å²) in [6, 6.07) is 0.443. The highest BCUT2D eigenvalue weighted by Crippen LogP contribution is 2.17. The van der Waals surface area contributed by atoms with Gasteiger partial charge in [0.1, 0.15) is 11.6 Å². The number of ether oxygens (including phenoxy) is 2. The first-order valence-electron chi connectivity index (χ1n) is 6.19. The van der Waals surface area contributed by atoms with Crippen LogP contribution in [0.5, 0.6) is 5.19 Å². The van der Waals surface area contributed by atoms with Crippen molar-refractivity contribution >= 4 is 11.3 Å². The van der Waals surface area contributed by atoms with Gasteiger partial charge < -0.3 is 14.8 Å². The van der Waals surface area contributed by atoms with E-state index in [1.165, 1.54) is 11.3 Å². The van der Waals surface area contributed by atoms with Crippen LogP contribution in [0.15, 0.2) is 0 Å². The molecule has 1 N–H and O–H groups in total. The second kappa shape index (κ2) is 7.01. The molecule has 0 aliphatic heterocycles. The van der Waals surface area contributed by atoms with Crippen LogP contribution in [0, 0.1) is 0 Å². The Morgan fingerprint density at radius 2 is 1.94 bits per heavy atom. The fourth-order valence-corrected chi connectivity index (χ4v) is 1.80. The zero-order valence-corrected chi connectivity index (χ0v) is 12.6. The molecule has 0 aliphatic rings. The first kappa shape index (κ1) is 15.3. The van der Waals surface area contributed by atoms with Gasteiger partial charge in [-0.15, -0.1) is 10.2 Å². The summed E-state index contributed by atoms with van der Waals surface area (Å²) in [5.41, 5.74) is -0.128. The van der Waals surface area contributed by atoms with Crippen molar-refractivity contribution in [3.05, 3.63) is 5.01 Å². The van der Waals surface area contributed by atoms with Gasteiger partial charge in [-0.1, -0.05) is 25.2 Å². The predicted octanol–water partition coefficient (Wildman–Crippen LogP) is 2.23. The van der Waals surface area contributed by atoms with Crippen LogP contribution in [0.4, 0.5) is 0 Å². The third-order valence-electron chi connectivity index (χ3n) is 1.95. The van der Waals surface area contributed by atoms with Crippen LogP contribution in [0.3, 0.4) is 0 Å². The summed E-state index contributed by atoms with van der Waals surface area (Å²) >= 11 is 1.47. The largest absolute Gasteiger partial charge is 0.466 e. The van der Waals surface area contributed by atoms with Crippen molar-refractivity contribution in [1.82, 2.24) is 15.5 Å². The second-order valence-electron chi connectivity index (χ2n) is 5.31. The highest BCUT2D eigenvalue weighted by molar-refractivity contribution is 7.13. The Morgan fingerprint density at radius 1 is 1.22 bits per heavy atom. The van der Waals surface area contributed by atoms with Gasteiger partial charge >= 0.3 is 0 Å². The third kappa shape index (κ3) is 6.88. The number of hydrogen-bond acceptors (Lipinski definition) is 6. The van der Waals surface area contributed by atoms with Gasteiger partial charge in [0.25, 0.3) is 5.19 Å². The van der Waals surface area contributed by atoms with Crippen molar-refractivity contribution in [2.24, 2.45) is 0 Å². The minimum atomic E-state index is -0.128. The Balaban J connectivity index is 2.23. The van der Waals surface area contributed by atoms with Crippen molar-refractivity contribution in [3.8, 4) is 5.19 Å². The Morgan fingerprint density at radius 3 is 2.56 bits per heavy atom. The van der Waals surface area contributed by atoms with Gasteiger partial charge in [0.05, 0.1) is 18.8 Å². The molecule has 5 nitrogen and oxygen atoms in total. The zero-order valence-electron chi connectivity index (χ0n) is 11.8. The van der Waals surface area contributed by atoms with E-state index >= 15 is 0 Å². The Labute approximate surface area is 113 Å². The van der Waals surface area contributed by atoms with E-state index in [0.29, 0.717) is 24.4 Å². The summed E-state index contributed by atoms with van der Waals surface area (Å²) in [6.07, 6.45) is 0. The number of hydrogen-bond donors (Lipinski definition) is 1. The smallest absolute Gasteiger partial charge is 0.294 e. The average Bonchev–Trinajstić information content (AvgIpc) is 2.68.